The van der Waals surface area contributed by atoms with Gasteiger partial charge in [-0.2, -0.15) is 0 Å². The lowest BCUT2D eigenvalue weighted by Gasteiger charge is -2.39. The minimum absolute atomic E-state index is 0.0454. The van der Waals surface area contributed by atoms with E-state index in [1.54, 1.807) is 0 Å². The molecule has 4 nitrogen and oxygen atoms in total. The topological polar surface area (TPSA) is 41.9 Å². The van der Waals surface area contributed by atoms with Gasteiger partial charge in [-0.1, -0.05) is 18.2 Å². The molecule has 0 unspecified atom stereocenters. The number of rotatable bonds is 5. The molecular weight excluding hydrogens is 302 g/mol. The highest BCUT2D eigenvalue weighted by molar-refractivity contribution is 5.49. The highest BCUT2D eigenvalue weighted by atomic mass is 16.5. The Morgan fingerprint density at radius 2 is 2.12 bits per heavy atom. The zero-order valence-electron chi connectivity index (χ0n) is 15.2. The monoisotopic (exact) mass is 331 g/mol. The summed E-state index contributed by atoms with van der Waals surface area (Å²) >= 11 is 0. The highest BCUT2D eigenvalue weighted by Gasteiger charge is 2.48. The summed E-state index contributed by atoms with van der Waals surface area (Å²) in [6, 6.07) is 6.65. The summed E-state index contributed by atoms with van der Waals surface area (Å²) < 4.78 is 11.7. The molecule has 4 heteroatoms. The number of aliphatic hydroxyl groups excluding tert-OH is 1. The van der Waals surface area contributed by atoms with Gasteiger partial charge in [-0.05, 0) is 64.9 Å². The number of hydrogen-bond donors (Lipinski definition) is 1. The lowest BCUT2D eigenvalue weighted by molar-refractivity contribution is 0.137. The van der Waals surface area contributed by atoms with Gasteiger partial charge in [0.15, 0.2) is 11.5 Å². The van der Waals surface area contributed by atoms with Gasteiger partial charge < -0.3 is 19.5 Å². The predicted molar refractivity (Wildman–Crippen MR) is 95.9 cm³/mol. The smallest absolute Gasteiger partial charge is 0.161 e. The molecule has 132 valence electrons. The fraction of sp³-hybridized carbons (Fsp3) is 0.600. The number of nitrogens with zero attached hydrogens (tertiary/aromatic N) is 1. The number of aliphatic hydroxyl groups is 1. The Hall–Kier alpha value is -1.52. The molecule has 3 atom stereocenters. The Kier molecular flexibility index (Phi) is 4.88. The molecule has 0 radical (unpaired) electrons. The summed E-state index contributed by atoms with van der Waals surface area (Å²) in [5, 5.41) is 10.1. The summed E-state index contributed by atoms with van der Waals surface area (Å²) in [7, 11) is 2.15. The van der Waals surface area contributed by atoms with E-state index >= 15 is 0 Å². The van der Waals surface area contributed by atoms with Crippen LogP contribution in [-0.4, -0.2) is 48.5 Å². The van der Waals surface area contributed by atoms with Gasteiger partial charge in [-0.25, -0.2) is 0 Å². The fourth-order valence-electron chi connectivity index (χ4n) is 4.10. The minimum Gasteiger partial charge on any atom is -0.490 e. The zero-order chi connectivity index (χ0) is 17.3. The predicted octanol–water partition coefficient (Wildman–Crippen LogP) is 3.14. The van der Waals surface area contributed by atoms with E-state index in [9.17, 15) is 5.11 Å². The summed E-state index contributed by atoms with van der Waals surface area (Å²) in [5.41, 5.74) is 1.20. The number of hydrogen-bond acceptors (Lipinski definition) is 4. The standard InChI is InChI=1S/C20H29NO3/c1-5-23-18-12-15(6-7-17(18)24-14(2)3)20-9-8-16(22)13-19(20)21(4)11-10-20/h6-9,12,14,16,19,22H,5,10-11,13H2,1-4H3/t16-,19+,20+/m1/s1. The van der Waals surface area contributed by atoms with E-state index in [4.69, 9.17) is 9.47 Å². The molecular formula is C20H29NO3. The number of benzene rings is 1. The maximum Gasteiger partial charge on any atom is 0.161 e. The van der Waals surface area contributed by atoms with Gasteiger partial charge in [0.05, 0.1) is 18.8 Å². The SMILES string of the molecule is CCOc1cc([C@@]23C=C[C@@H](O)C[C@@H]2N(C)CC3)ccc1OC(C)C. The number of fused-ring (bicyclic) bond motifs is 1. The molecule has 2 aliphatic rings. The Labute approximate surface area is 145 Å². The van der Waals surface area contributed by atoms with Crippen molar-refractivity contribution in [3.05, 3.63) is 35.9 Å². The van der Waals surface area contributed by atoms with Crippen molar-refractivity contribution < 1.29 is 14.6 Å². The molecule has 1 aromatic carbocycles. The highest BCUT2D eigenvalue weighted by Crippen LogP contribution is 2.47. The molecule has 0 bridgehead atoms. The maximum absolute atomic E-state index is 10.1. The Morgan fingerprint density at radius 3 is 2.83 bits per heavy atom. The summed E-state index contributed by atoms with van der Waals surface area (Å²) in [5.74, 6) is 1.61. The van der Waals surface area contributed by atoms with Gasteiger partial charge in [0.25, 0.3) is 0 Å². The van der Waals surface area contributed by atoms with Crippen molar-refractivity contribution >= 4 is 0 Å². The van der Waals surface area contributed by atoms with Gasteiger partial charge in [-0.15, -0.1) is 0 Å². The quantitative estimate of drug-likeness (QED) is 0.842. The average molecular weight is 331 g/mol. The van der Waals surface area contributed by atoms with E-state index in [1.165, 1.54) is 5.56 Å². The van der Waals surface area contributed by atoms with Crippen LogP contribution in [-0.2, 0) is 5.41 Å². The molecule has 1 aromatic rings. The third-order valence-electron chi connectivity index (χ3n) is 5.23. The van der Waals surface area contributed by atoms with Crippen LogP contribution in [0, 0.1) is 0 Å². The molecule has 1 saturated heterocycles. The zero-order valence-corrected chi connectivity index (χ0v) is 15.2. The molecule has 0 saturated carbocycles. The second kappa shape index (κ2) is 6.77. The van der Waals surface area contributed by atoms with E-state index in [0.29, 0.717) is 12.6 Å². The van der Waals surface area contributed by atoms with Gasteiger partial charge >= 0.3 is 0 Å². The average Bonchev–Trinajstić information content (AvgIpc) is 2.87. The van der Waals surface area contributed by atoms with Crippen LogP contribution in [0.5, 0.6) is 11.5 Å². The van der Waals surface area contributed by atoms with Crippen molar-refractivity contribution in [2.75, 3.05) is 20.2 Å². The van der Waals surface area contributed by atoms with Crippen molar-refractivity contribution in [3.8, 4) is 11.5 Å². The third-order valence-corrected chi connectivity index (χ3v) is 5.23. The normalized spacial score (nSPS) is 29.8. The van der Waals surface area contributed by atoms with E-state index in [-0.39, 0.29) is 17.6 Å². The van der Waals surface area contributed by atoms with Crippen LogP contribution in [0.15, 0.2) is 30.4 Å². The molecule has 1 heterocycles. The molecule has 24 heavy (non-hydrogen) atoms. The van der Waals surface area contributed by atoms with E-state index < -0.39 is 0 Å². The van der Waals surface area contributed by atoms with E-state index in [2.05, 4.69) is 30.2 Å². The van der Waals surface area contributed by atoms with Gasteiger partial charge in [0.2, 0.25) is 0 Å². The largest absolute Gasteiger partial charge is 0.490 e. The van der Waals surface area contributed by atoms with Gasteiger partial charge in [0, 0.05) is 11.5 Å². The van der Waals surface area contributed by atoms with E-state index in [1.807, 2.05) is 32.9 Å². The second-order valence-electron chi connectivity index (χ2n) is 7.21. The van der Waals surface area contributed by atoms with Gasteiger partial charge in [0.1, 0.15) is 0 Å². The lowest BCUT2D eigenvalue weighted by atomic mass is 9.69. The van der Waals surface area contributed by atoms with Crippen LogP contribution in [0.1, 0.15) is 39.2 Å². The summed E-state index contributed by atoms with van der Waals surface area (Å²) in [6.07, 6.45) is 5.77. The first-order valence-electron chi connectivity index (χ1n) is 8.98. The van der Waals surface area contributed by atoms with E-state index in [0.717, 1.165) is 30.9 Å². The van der Waals surface area contributed by atoms with Crippen molar-refractivity contribution in [1.29, 1.82) is 0 Å². The molecule has 0 amide bonds. The second-order valence-corrected chi connectivity index (χ2v) is 7.21. The minimum atomic E-state index is -0.349. The maximum atomic E-state index is 10.1. The van der Waals surface area contributed by atoms with Crippen LogP contribution in [0.25, 0.3) is 0 Å². The number of ether oxygens (including phenoxy) is 2. The van der Waals surface area contributed by atoms with Crippen LogP contribution < -0.4 is 9.47 Å². The number of likely N-dealkylation sites (tertiary alicyclic amines) is 1. The van der Waals surface area contributed by atoms with Crippen LogP contribution in [0.2, 0.25) is 0 Å². The van der Waals surface area contributed by atoms with Crippen LogP contribution in [0.4, 0.5) is 0 Å². The lowest BCUT2D eigenvalue weighted by Crippen LogP contribution is -2.44. The molecule has 3 rings (SSSR count). The van der Waals surface area contributed by atoms with Crippen molar-refractivity contribution in [3.63, 3.8) is 0 Å². The van der Waals surface area contributed by atoms with Crippen LogP contribution >= 0.6 is 0 Å². The van der Waals surface area contributed by atoms with Gasteiger partial charge in [-0.3, -0.25) is 0 Å². The first kappa shape index (κ1) is 17.3. The first-order chi connectivity index (χ1) is 11.5. The summed E-state index contributed by atoms with van der Waals surface area (Å²) in [4.78, 5) is 2.37. The van der Waals surface area contributed by atoms with Crippen molar-refractivity contribution in [2.45, 2.75) is 57.3 Å². The first-order valence-corrected chi connectivity index (χ1v) is 8.98. The van der Waals surface area contributed by atoms with Crippen molar-refractivity contribution in [2.24, 2.45) is 0 Å². The van der Waals surface area contributed by atoms with Crippen LogP contribution in [0.3, 0.4) is 0 Å². The molecule has 1 aliphatic heterocycles. The Balaban J connectivity index is 2.01. The molecule has 1 aliphatic carbocycles. The Bertz CT molecular complexity index is 613. The molecule has 1 N–H and O–H groups in total. The summed E-state index contributed by atoms with van der Waals surface area (Å²) in [6.45, 7) is 7.69. The fourth-order valence-corrected chi connectivity index (χ4v) is 4.10. The molecule has 1 fully saturated rings. The number of likely N-dealkylation sites (N-methyl/N-ethyl adjacent to an activating group) is 1. The third kappa shape index (κ3) is 3.05. The molecule has 0 spiro atoms. The Morgan fingerprint density at radius 1 is 1.33 bits per heavy atom. The van der Waals surface area contributed by atoms with Crippen molar-refractivity contribution in [1.82, 2.24) is 4.90 Å². The molecule has 0 aromatic heterocycles.